The van der Waals surface area contributed by atoms with Crippen molar-refractivity contribution in [1.29, 1.82) is 0 Å². The summed E-state index contributed by atoms with van der Waals surface area (Å²) in [6, 6.07) is 4.11. The largest absolute Gasteiger partial charge is 0.397 e. The molecule has 0 fully saturated rings. The summed E-state index contributed by atoms with van der Waals surface area (Å²) in [4.78, 5) is 4.60. The van der Waals surface area contributed by atoms with Gasteiger partial charge in [0, 0.05) is 6.21 Å². The standard InChI is InChI=1S/C18H28N2/c1-8-9-12-20-16-14(19)11-10-13(17(2,3)4)15(16)18(5,6)7/h8-12H,19H2,1-7H3/b9-8-,20-12-. The van der Waals surface area contributed by atoms with Crippen molar-refractivity contribution in [2.24, 2.45) is 4.99 Å². The molecule has 0 unspecified atom stereocenters. The quantitative estimate of drug-likeness (QED) is 0.587. The van der Waals surface area contributed by atoms with Crippen LogP contribution < -0.4 is 5.73 Å². The monoisotopic (exact) mass is 272 g/mol. The number of allylic oxidation sites excluding steroid dienone is 2. The molecule has 110 valence electrons. The number of anilines is 1. The Morgan fingerprint density at radius 2 is 1.60 bits per heavy atom. The summed E-state index contributed by atoms with van der Waals surface area (Å²) >= 11 is 0. The topological polar surface area (TPSA) is 38.4 Å². The van der Waals surface area contributed by atoms with Crippen LogP contribution in [0.3, 0.4) is 0 Å². The first-order valence-corrected chi connectivity index (χ1v) is 7.18. The normalized spacial score (nSPS) is 13.6. The number of nitrogens with two attached hydrogens (primary N) is 1. The summed E-state index contributed by atoms with van der Waals surface area (Å²) in [5, 5.41) is 0. The second-order valence-corrected chi connectivity index (χ2v) is 7.23. The van der Waals surface area contributed by atoms with Gasteiger partial charge in [0.05, 0.1) is 11.4 Å². The van der Waals surface area contributed by atoms with Crippen LogP contribution >= 0.6 is 0 Å². The highest BCUT2D eigenvalue weighted by Crippen LogP contribution is 2.42. The van der Waals surface area contributed by atoms with Gasteiger partial charge in [0.1, 0.15) is 0 Å². The minimum Gasteiger partial charge on any atom is -0.397 e. The molecule has 0 atom stereocenters. The van der Waals surface area contributed by atoms with Gasteiger partial charge in [-0.25, -0.2) is 0 Å². The number of nitrogens with zero attached hydrogens (tertiary/aromatic N) is 1. The third-order valence-corrected chi connectivity index (χ3v) is 3.25. The van der Waals surface area contributed by atoms with Gasteiger partial charge in [-0.3, -0.25) is 4.99 Å². The molecule has 0 radical (unpaired) electrons. The summed E-state index contributed by atoms with van der Waals surface area (Å²) in [5.41, 5.74) is 10.4. The molecule has 1 aromatic carbocycles. The van der Waals surface area contributed by atoms with E-state index in [0.29, 0.717) is 0 Å². The van der Waals surface area contributed by atoms with Crippen molar-refractivity contribution in [1.82, 2.24) is 0 Å². The summed E-state index contributed by atoms with van der Waals surface area (Å²) in [7, 11) is 0. The highest BCUT2D eigenvalue weighted by Gasteiger charge is 2.28. The van der Waals surface area contributed by atoms with E-state index in [4.69, 9.17) is 5.73 Å². The van der Waals surface area contributed by atoms with Crippen LogP contribution in [0.1, 0.15) is 59.6 Å². The lowest BCUT2D eigenvalue weighted by Crippen LogP contribution is -2.22. The highest BCUT2D eigenvalue weighted by atomic mass is 14.8. The molecule has 0 saturated heterocycles. The summed E-state index contributed by atoms with van der Waals surface area (Å²) in [6.07, 6.45) is 5.70. The molecule has 0 heterocycles. The third kappa shape index (κ3) is 3.72. The Bertz CT molecular complexity index is 524. The predicted octanol–water partition coefficient (Wildman–Crippen LogP) is 5.14. The second-order valence-electron chi connectivity index (χ2n) is 7.23. The lowest BCUT2D eigenvalue weighted by Gasteiger charge is -2.31. The Kier molecular flexibility index (Phi) is 4.80. The Labute approximate surface area is 123 Å². The van der Waals surface area contributed by atoms with E-state index in [2.05, 4.69) is 52.6 Å². The molecular weight excluding hydrogens is 244 g/mol. The minimum atomic E-state index is 0.000591. The molecule has 1 rings (SSSR count). The van der Waals surface area contributed by atoms with Crippen LogP contribution in [-0.2, 0) is 10.8 Å². The summed E-state index contributed by atoms with van der Waals surface area (Å²) in [6.45, 7) is 15.3. The number of rotatable bonds is 2. The zero-order valence-electron chi connectivity index (χ0n) is 13.9. The van der Waals surface area contributed by atoms with Crippen molar-refractivity contribution in [2.45, 2.75) is 59.3 Å². The third-order valence-electron chi connectivity index (χ3n) is 3.25. The Morgan fingerprint density at radius 3 is 2.05 bits per heavy atom. The van der Waals surface area contributed by atoms with Crippen LogP contribution in [0.2, 0.25) is 0 Å². The molecule has 0 aliphatic heterocycles. The Balaban J connectivity index is 3.64. The number of hydrogen-bond donors (Lipinski definition) is 1. The Hall–Kier alpha value is -1.57. The smallest absolute Gasteiger partial charge is 0.0899 e. The first kappa shape index (κ1) is 16.5. The van der Waals surface area contributed by atoms with Crippen LogP contribution in [-0.4, -0.2) is 6.21 Å². The van der Waals surface area contributed by atoms with E-state index in [1.165, 1.54) is 11.1 Å². The molecule has 0 amide bonds. The molecule has 2 N–H and O–H groups in total. The second kappa shape index (κ2) is 5.82. The fourth-order valence-electron chi connectivity index (χ4n) is 2.33. The van der Waals surface area contributed by atoms with Crippen LogP contribution in [0, 0.1) is 0 Å². The molecule has 0 aromatic heterocycles. The average molecular weight is 272 g/mol. The van der Waals surface area contributed by atoms with Crippen molar-refractivity contribution in [3.8, 4) is 0 Å². The maximum absolute atomic E-state index is 6.17. The van der Waals surface area contributed by atoms with E-state index < -0.39 is 0 Å². The van der Waals surface area contributed by atoms with Crippen LogP contribution in [0.25, 0.3) is 0 Å². The molecule has 0 saturated carbocycles. The number of benzene rings is 1. The first-order valence-electron chi connectivity index (χ1n) is 7.18. The van der Waals surface area contributed by atoms with Crippen molar-refractivity contribution in [3.63, 3.8) is 0 Å². The van der Waals surface area contributed by atoms with Crippen molar-refractivity contribution in [3.05, 3.63) is 35.4 Å². The fraction of sp³-hybridized carbons (Fsp3) is 0.500. The maximum atomic E-state index is 6.17. The van der Waals surface area contributed by atoms with E-state index in [0.717, 1.165) is 11.4 Å². The lowest BCUT2D eigenvalue weighted by atomic mass is 9.74. The molecule has 0 aliphatic rings. The molecule has 0 spiro atoms. The van der Waals surface area contributed by atoms with Gasteiger partial charge in [-0.1, -0.05) is 53.7 Å². The van der Waals surface area contributed by atoms with Gasteiger partial charge in [0.15, 0.2) is 0 Å². The number of hydrogen-bond acceptors (Lipinski definition) is 2. The maximum Gasteiger partial charge on any atom is 0.0899 e. The SMILES string of the molecule is C/C=C\C=N/c1c(N)ccc(C(C)(C)C)c1C(C)(C)C. The van der Waals surface area contributed by atoms with Crippen molar-refractivity contribution < 1.29 is 0 Å². The molecule has 2 heteroatoms. The average Bonchev–Trinajstić information content (AvgIpc) is 2.28. The van der Waals surface area contributed by atoms with Crippen molar-refractivity contribution >= 4 is 17.6 Å². The van der Waals surface area contributed by atoms with Gasteiger partial charge in [-0.15, -0.1) is 0 Å². The first-order chi connectivity index (χ1) is 9.09. The molecule has 1 aromatic rings. The van der Waals surface area contributed by atoms with E-state index >= 15 is 0 Å². The van der Waals surface area contributed by atoms with Crippen molar-refractivity contribution in [2.75, 3.05) is 5.73 Å². The van der Waals surface area contributed by atoms with E-state index in [9.17, 15) is 0 Å². The number of nitrogen functional groups attached to an aromatic ring is 1. The minimum absolute atomic E-state index is 0.000591. The molecule has 0 aliphatic carbocycles. The van der Waals surface area contributed by atoms with Gasteiger partial charge < -0.3 is 5.73 Å². The fourth-order valence-corrected chi connectivity index (χ4v) is 2.33. The van der Waals surface area contributed by atoms with Gasteiger partial charge >= 0.3 is 0 Å². The Morgan fingerprint density at radius 1 is 1.00 bits per heavy atom. The molecule has 20 heavy (non-hydrogen) atoms. The highest BCUT2D eigenvalue weighted by molar-refractivity contribution is 5.80. The lowest BCUT2D eigenvalue weighted by molar-refractivity contribution is 0.531. The molecule has 2 nitrogen and oxygen atoms in total. The van der Waals surface area contributed by atoms with E-state index in [-0.39, 0.29) is 10.8 Å². The number of aliphatic imine (C=N–C) groups is 1. The summed E-state index contributed by atoms with van der Waals surface area (Å²) < 4.78 is 0. The van der Waals surface area contributed by atoms with Crippen LogP contribution in [0.4, 0.5) is 11.4 Å². The molecule has 0 bridgehead atoms. The van der Waals surface area contributed by atoms with Crippen LogP contribution in [0.15, 0.2) is 29.3 Å². The van der Waals surface area contributed by atoms with E-state index in [1.54, 1.807) is 0 Å². The van der Waals surface area contributed by atoms with Gasteiger partial charge in [-0.2, -0.15) is 0 Å². The van der Waals surface area contributed by atoms with Gasteiger partial charge in [-0.05, 0) is 41.0 Å². The summed E-state index contributed by atoms with van der Waals surface area (Å²) in [5.74, 6) is 0. The zero-order valence-corrected chi connectivity index (χ0v) is 13.9. The van der Waals surface area contributed by atoms with E-state index in [1.807, 2.05) is 31.4 Å². The molecular formula is C18H28N2. The predicted molar refractivity (Wildman–Crippen MR) is 91.2 cm³/mol. The van der Waals surface area contributed by atoms with Gasteiger partial charge in [0.2, 0.25) is 0 Å². The van der Waals surface area contributed by atoms with Gasteiger partial charge in [0.25, 0.3) is 0 Å². The zero-order chi connectivity index (χ0) is 15.6. The van der Waals surface area contributed by atoms with Crippen LogP contribution in [0.5, 0.6) is 0 Å².